The molecule has 0 fully saturated rings. The van der Waals surface area contributed by atoms with Gasteiger partial charge in [-0.05, 0) is 39.3 Å². The number of carbonyl (C=O) groups excluding carboxylic acids is 1. The summed E-state index contributed by atoms with van der Waals surface area (Å²) in [5.74, 6) is 0. The maximum absolute atomic E-state index is 12.7. The highest BCUT2D eigenvalue weighted by Crippen LogP contribution is 2.20. The van der Waals surface area contributed by atoms with Crippen LogP contribution in [-0.4, -0.2) is 36.1 Å². The van der Waals surface area contributed by atoms with Crippen molar-refractivity contribution in [3.63, 3.8) is 0 Å². The van der Waals surface area contributed by atoms with Gasteiger partial charge in [-0.3, -0.25) is 0 Å². The summed E-state index contributed by atoms with van der Waals surface area (Å²) in [6, 6.07) is 6.11. The van der Waals surface area contributed by atoms with Crippen LogP contribution in [0.5, 0.6) is 0 Å². The summed E-state index contributed by atoms with van der Waals surface area (Å²) in [7, 11) is 1.61. The van der Waals surface area contributed by atoms with Crippen molar-refractivity contribution in [2.75, 3.05) is 12.4 Å². The number of para-hydroxylation sites is 1. The van der Waals surface area contributed by atoms with Crippen molar-refractivity contribution in [2.45, 2.75) is 52.3 Å². The second kappa shape index (κ2) is 7.42. The highest BCUT2D eigenvalue weighted by atomic mass is 19.3. The van der Waals surface area contributed by atoms with Crippen molar-refractivity contribution in [3.8, 4) is 0 Å². The van der Waals surface area contributed by atoms with Crippen molar-refractivity contribution < 1.29 is 18.3 Å². The molecule has 1 N–H and O–H groups in total. The fourth-order valence-electron chi connectivity index (χ4n) is 1.77. The minimum atomic E-state index is -2.46. The number of anilines is 1. The number of hydrogen-bond acceptors (Lipinski definition) is 3. The Morgan fingerprint density at radius 2 is 1.91 bits per heavy atom. The molecule has 1 rings (SSSR count). The number of halogens is 2. The van der Waals surface area contributed by atoms with Gasteiger partial charge in [0.2, 0.25) is 0 Å². The lowest BCUT2D eigenvalue weighted by Gasteiger charge is -2.25. The number of benzene rings is 1. The highest BCUT2D eigenvalue weighted by molar-refractivity contribution is 5.68. The smallest absolute Gasteiger partial charge is 0.410 e. The first-order chi connectivity index (χ1) is 10.1. The third-order valence-corrected chi connectivity index (χ3v) is 2.89. The van der Waals surface area contributed by atoms with Crippen molar-refractivity contribution in [1.82, 2.24) is 4.90 Å². The summed E-state index contributed by atoms with van der Waals surface area (Å²) < 4.78 is 30.6. The van der Waals surface area contributed by atoms with Crippen molar-refractivity contribution in [3.05, 3.63) is 29.8 Å². The Labute approximate surface area is 130 Å². The predicted molar refractivity (Wildman–Crippen MR) is 83.2 cm³/mol. The maximum Gasteiger partial charge on any atom is 0.410 e. The average molecular weight is 314 g/mol. The Bertz CT molecular complexity index is 501. The molecule has 124 valence electrons. The van der Waals surface area contributed by atoms with Crippen LogP contribution in [0, 0.1) is 0 Å². The summed E-state index contributed by atoms with van der Waals surface area (Å²) in [6.45, 7) is 7.06. The van der Waals surface area contributed by atoms with E-state index in [4.69, 9.17) is 4.74 Å². The fourth-order valence-corrected chi connectivity index (χ4v) is 1.77. The standard InChI is InChI=1S/C16H24F2N2O2/c1-11(14(17)18)19-13-9-7-6-8-12(13)10-20(5)15(21)22-16(2,3)4/h6-9,11,14,19H,10H2,1-5H3. The zero-order valence-corrected chi connectivity index (χ0v) is 13.7. The van der Waals surface area contributed by atoms with Gasteiger partial charge in [0, 0.05) is 12.7 Å². The molecule has 1 aromatic carbocycles. The number of rotatable bonds is 5. The van der Waals surface area contributed by atoms with E-state index in [1.807, 2.05) is 0 Å². The largest absolute Gasteiger partial charge is 0.444 e. The molecule has 1 atom stereocenters. The Morgan fingerprint density at radius 1 is 1.32 bits per heavy atom. The molecule has 0 bridgehead atoms. The van der Waals surface area contributed by atoms with Crippen molar-refractivity contribution in [1.29, 1.82) is 0 Å². The van der Waals surface area contributed by atoms with E-state index < -0.39 is 24.2 Å². The van der Waals surface area contributed by atoms with Gasteiger partial charge in [-0.25, -0.2) is 13.6 Å². The van der Waals surface area contributed by atoms with Crippen LogP contribution in [0.15, 0.2) is 24.3 Å². The monoisotopic (exact) mass is 314 g/mol. The van der Waals surface area contributed by atoms with E-state index in [9.17, 15) is 13.6 Å². The van der Waals surface area contributed by atoms with Gasteiger partial charge in [0.1, 0.15) is 5.60 Å². The number of nitrogens with zero attached hydrogens (tertiary/aromatic N) is 1. The molecule has 1 aromatic rings. The maximum atomic E-state index is 12.7. The SMILES string of the molecule is CC(Nc1ccccc1CN(C)C(=O)OC(C)(C)C)C(F)F. The lowest BCUT2D eigenvalue weighted by molar-refractivity contribution is 0.0285. The quantitative estimate of drug-likeness (QED) is 0.889. The van der Waals surface area contributed by atoms with E-state index in [1.165, 1.54) is 11.8 Å². The lowest BCUT2D eigenvalue weighted by atomic mass is 10.1. The lowest BCUT2D eigenvalue weighted by Crippen LogP contribution is -2.34. The van der Waals surface area contributed by atoms with Gasteiger partial charge in [0.15, 0.2) is 0 Å². The zero-order valence-electron chi connectivity index (χ0n) is 13.7. The van der Waals surface area contributed by atoms with E-state index in [2.05, 4.69) is 5.32 Å². The molecular formula is C16H24F2N2O2. The molecule has 22 heavy (non-hydrogen) atoms. The van der Waals surface area contributed by atoms with E-state index in [0.717, 1.165) is 5.56 Å². The van der Waals surface area contributed by atoms with Gasteiger partial charge in [-0.1, -0.05) is 18.2 Å². The van der Waals surface area contributed by atoms with Crippen molar-refractivity contribution >= 4 is 11.8 Å². The predicted octanol–water partition coefficient (Wildman–Crippen LogP) is 4.12. The van der Waals surface area contributed by atoms with Crippen LogP contribution in [-0.2, 0) is 11.3 Å². The minimum Gasteiger partial charge on any atom is -0.444 e. The van der Waals surface area contributed by atoms with Gasteiger partial charge >= 0.3 is 6.09 Å². The third-order valence-electron chi connectivity index (χ3n) is 2.89. The van der Waals surface area contributed by atoms with Crippen LogP contribution in [0.1, 0.15) is 33.3 Å². The first-order valence-corrected chi connectivity index (χ1v) is 7.17. The Balaban J connectivity index is 2.79. The zero-order chi connectivity index (χ0) is 16.9. The van der Waals surface area contributed by atoms with E-state index in [-0.39, 0.29) is 6.54 Å². The molecule has 1 unspecified atom stereocenters. The Kier molecular flexibility index (Phi) is 6.14. The molecule has 4 nitrogen and oxygen atoms in total. The first-order valence-electron chi connectivity index (χ1n) is 7.17. The topological polar surface area (TPSA) is 41.6 Å². The number of amides is 1. The molecule has 0 radical (unpaired) electrons. The van der Waals surface area contributed by atoms with Gasteiger partial charge in [-0.2, -0.15) is 0 Å². The summed E-state index contributed by atoms with van der Waals surface area (Å²) in [4.78, 5) is 13.4. The molecule has 0 aliphatic rings. The van der Waals surface area contributed by atoms with Crippen LogP contribution < -0.4 is 5.32 Å². The van der Waals surface area contributed by atoms with Crippen LogP contribution in [0.3, 0.4) is 0 Å². The molecule has 0 aromatic heterocycles. The van der Waals surface area contributed by atoms with Crippen LogP contribution in [0.25, 0.3) is 0 Å². The summed E-state index contributed by atoms with van der Waals surface area (Å²) in [6.07, 6.45) is -2.92. The highest BCUT2D eigenvalue weighted by Gasteiger charge is 2.21. The van der Waals surface area contributed by atoms with Gasteiger partial charge < -0.3 is 15.0 Å². The molecule has 0 aliphatic heterocycles. The number of alkyl halides is 2. The number of nitrogens with one attached hydrogen (secondary N) is 1. The first kappa shape index (κ1) is 18.2. The van der Waals surface area contributed by atoms with E-state index in [1.54, 1.807) is 52.1 Å². The number of hydrogen-bond donors (Lipinski definition) is 1. The molecule has 1 amide bonds. The molecule has 0 saturated carbocycles. The number of ether oxygens (including phenoxy) is 1. The molecule has 0 aliphatic carbocycles. The summed E-state index contributed by atoms with van der Waals surface area (Å²) in [5.41, 5.74) is 0.766. The minimum absolute atomic E-state index is 0.272. The van der Waals surface area contributed by atoms with Crippen LogP contribution >= 0.6 is 0 Å². The summed E-state index contributed by atoms with van der Waals surface area (Å²) in [5, 5.41) is 2.77. The average Bonchev–Trinajstić information content (AvgIpc) is 2.38. The molecule has 0 spiro atoms. The fraction of sp³-hybridized carbons (Fsp3) is 0.562. The second-order valence-electron chi connectivity index (χ2n) is 6.26. The van der Waals surface area contributed by atoms with Gasteiger partial charge in [-0.15, -0.1) is 0 Å². The molecule has 6 heteroatoms. The third kappa shape index (κ3) is 5.87. The molecule has 0 saturated heterocycles. The van der Waals surface area contributed by atoms with Gasteiger partial charge in [0.25, 0.3) is 6.43 Å². The Hall–Kier alpha value is -1.85. The summed E-state index contributed by atoms with van der Waals surface area (Å²) >= 11 is 0. The second-order valence-corrected chi connectivity index (χ2v) is 6.26. The van der Waals surface area contributed by atoms with E-state index >= 15 is 0 Å². The van der Waals surface area contributed by atoms with Crippen LogP contribution in [0.4, 0.5) is 19.3 Å². The van der Waals surface area contributed by atoms with E-state index in [0.29, 0.717) is 5.69 Å². The Morgan fingerprint density at radius 3 is 2.45 bits per heavy atom. The number of carbonyl (C=O) groups is 1. The molecular weight excluding hydrogens is 290 g/mol. The molecule has 0 heterocycles. The van der Waals surface area contributed by atoms with Crippen molar-refractivity contribution in [2.24, 2.45) is 0 Å². The normalized spacial score (nSPS) is 12.9. The van der Waals surface area contributed by atoms with Crippen LogP contribution in [0.2, 0.25) is 0 Å². The van der Waals surface area contributed by atoms with Gasteiger partial charge in [0.05, 0.1) is 12.6 Å².